The lowest BCUT2D eigenvalue weighted by atomic mass is 9.49. The van der Waals surface area contributed by atoms with E-state index in [0.29, 0.717) is 0 Å². The maximum absolute atomic E-state index is 6.88. The first-order valence-corrected chi connectivity index (χ1v) is 8.12. The van der Waals surface area contributed by atoms with Gasteiger partial charge in [-0.05, 0) is 67.4 Å². The van der Waals surface area contributed by atoms with E-state index < -0.39 is 0 Å². The van der Waals surface area contributed by atoms with Gasteiger partial charge >= 0.3 is 0 Å². The van der Waals surface area contributed by atoms with E-state index in [0.717, 1.165) is 36.8 Å². The van der Waals surface area contributed by atoms with Crippen molar-refractivity contribution >= 4 is 0 Å². The average molecular weight is 271 g/mol. The van der Waals surface area contributed by atoms with Gasteiger partial charge in [-0.25, -0.2) is 0 Å². The van der Waals surface area contributed by atoms with Gasteiger partial charge in [-0.2, -0.15) is 0 Å². The fourth-order valence-electron chi connectivity index (χ4n) is 5.28. The number of hydrogen-bond donors (Lipinski definition) is 2. The highest BCUT2D eigenvalue weighted by Gasteiger charge is 2.54. The van der Waals surface area contributed by atoms with Crippen LogP contribution in [-0.4, -0.2) is 17.1 Å². The minimum atomic E-state index is 0.0512. The predicted molar refractivity (Wildman–Crippen MR) is 79.9 cm³/mol. The maximum Gasteiger partial charge on any atom is 0.0338 e. The molecule has 0 aliphatic heterocycles. The van der Waals surface area contributed by atoms with Gasteiger partial charge in [0.2, 0.25) is 0 Å². The Hall–Kier alpha value is -0.930. The highest BCUT2D eigenvalue weighted by Crippen LogP contribution is 2.57. The second-order valence-electron chi connectivity index (χ2n) is 7.38. The largest absolute Gasteiger partial charge is 0.324 e. The Kier molecular flexibility index (Phi) is 3.08. The van der Waals surface area contributed by atoms with Crippen LogP contribution in [0.15, 0.2) is 24.5 Å². The van der Waals surface area contributed by atoms with Gasteiger partial charge in [0.25, 0.3) is 0 Å². The molecule has 5 rings (SSSR count). The number of nitrogens with one attached hydrogen (secondary N) is 1. The first-order valence-electron chi connectivity index (χ1n) is 8.12. The van der Waals surface area contributed by atoms with Crippen molar-refractivity contribution in [1.82, 2.24) is 10.3 Å². The molecule has 4 fully saturated rings. The first-order chi connectivity index (χ1) is 9.74. The van der Waals surface area contributed by atoms with Crippen LogP contribution < -0.4 is 11.1 Å². The van der Waals surface area contributed by atoms with E-state index in [1.54, 1.807) is 0 Å². The summed E-state index contributed by atoms with van der Waals surface area (Å²) in [7, 11) is 0. The molecule has 0 atom stereocenters. The van der Waals surface area contributed by atoms with E-state index in [4.69, 9.17) is 5.73 Å². The Morgan fingerprint density at radius 3 is 2.45 bits per heavy atom. The summed E-state index contributed by atoms with van der Waals surface area (Å²) in [6, 6.07) is 4.12. The molecule has 0 unspecified atom stereocenters. The van der Waals surface area contributed by atoms with Crippen LogP contribution >= 0.6 is 0 Å². The molecule has 4 aliphatic carbocycles. The molecule has 20 heavy (non-hydrogen) atoms. The third-order valence-corrected chi connectivity index (χ3v) is 6.14. The molecule has 0 radical (unpaired) electrons. The number of nitrogens with zero attached hydrogens (tertiary/aromatic N) is 1. The Balaban J connectivity index is 1.40. The zero-order valence-electron chi connectivity index (χ0n) is 12.1. The van der Waals surface area contributed by atoms with Crippen molar-refractivity contribution in [2.75, 3.05) is 6.54 Å². The lowest BCUT2D eigenvalue weighted by molar-refractivity contribution is -0.0542. The zero-order valence-corrected chi connectivity index (χ0v) is 12.1. The SMILES string of the molecule is NC1(CNCc2cccnc2)C2CC3CC(C2)CC1C3. The molecule has 1 heterocycles. The van der Waals surface area contributed by atoms with E-state index in [9.17, 15) is 0 Å². The monoisotopic (exact) mass is 271 g/mol. The second-order valence-corrected chi connectivity index (χ2v) is 7.38. The Bertz CT molecular complexity index is 442. The third kappa shape index (κ3) is 2.08. The molecule has 4 bridgehead atoms. The second kappa shape index (κ2) is 4.81. The number of aromatic nitrogens is 1. The van der Waals surface area contributed by atoms with Crippen LogP contribution in [0.4, 0.5) is 0 Å². The quantitative estimate of drug-likeness (QED) is 0.883. The van der Waals surface area contributed by atoms with E-state index >= 15 is 0 Å². The van der Waals surface area contributed by atoms with E-state index in [1.165, 1.54) is 37.7 Å². The molecule has 1 aromatic rings. The van der Waals surface area contributed by atoms with E-state index in [2.05, 4.69) is 16.4 Å². The molecule has 1 aromatic heterocycles. The first kappa shape index (κ1) is 12.8. The lowest BCUT2D eigenvalue weighted by Gasteiger charge is -2.60. The summed E-state index contributed by atoms with van der Waals surface area (Å²) in [5, 5.41) is 3.61. The number of hydrogen-bond acceptors (Lipinski definition) is 3. The van der Waals surface area contributed by atoms with Gasteiger partial charge in [-0.1, -0.05) is 6.07 Å². The van der Waals surface area contributed by atoms with Crippen molar-refractivity contribution in [3.8, 4) is 0 Å². The van der Waals surface area contributed by atoms with Crippen molar-refractivity contribution < 1.29 is 0 Å². The molecular weight excluding hydrogens is 246 g/mol. The molecule has 0 aromatic carbocycles. The van der Waals surface area contributed by atoms with Crippen LogP contribution in [0.5, 0.6) is 0 Å². The summed E-state index contributed by atoms with van der Waals surface area (Å²) >= 11 is 0. The third-order valence-electron chi connectivity index (χ3n) is 6.14. The summed E-state index contributed by atoms with van der Waals surface area (Å²) in [5.74, 6) is 3.51. The molecule has 3 nitrogen and oxygen atoms in total. The van der Waals surface area contributed by atoms with Gasteiger partial charge in [0, 0.05) is 31.0 Å². The van der Waals surface area contributed by atoms with Crippen LogP contribution in [0, 0.1) is 23.7 Å². The van der Waals surface area contributed by atoms with Crippen molar-refractivity contribution in [1.29, 1.82) is 0 Å². The zero-order chi connectivity index (χ0) is 13.6. The van der Waals surface area contributed by atoms with E-state index in [-0.39, 0.29) is 5.54 Å². The lowest BCUT2D eigenvalue weighted by Crippen LogP contribution is -2.66. The van der Waals surface area contributed by atoms with E-state index in [1.807, 2.05) is 18.5 Å². The van der Waals surface area contributed by atoms with Gasteiger partial charge < -0.3 is 11.1 Å². The molecule has 0 spiro atoms. The Labute approximate surface area is 121 Å². The standard InChI is InChI=1S/C17H25N3/c18-17(11-20-10-12-2-1-3-19-9-12)15-5-13-4-14(7-15)8-16(17)6-13/h1-3,9,13-16,20H,4-8,10-11,18H2. The molecule has 3 N–H and O–H groups in total. The normalized spacial score (nSPS) is 42.0. The average Bonchev–Trinajstić information content (AvgIpc) is 2.45. The molecule has 3 heteroatoms. The summed E-state index contributed by atoms with van der Waals surface area (Å²) in [6.07, 6.45) is 10.8. The number of nitrogens with two attached hydrogens (primary N) is 1. The fourth-order valence-corrected chi connectivity index (χ4v) is 5.28. The molecular formula is C17H25N3. The number of pyridine rings is 1. The number of rotatable bonds is 4. The molecule has 0 saturated heterocycles. The minimum Gasteiger partial charge on any atom is -0.324 e. The van der Waals surface area contributed by atoms with Crippen LogP contribution in [0.3, 0.4) is 0 Å². The smallest absolute Gasteiger partial charge is 0.0338 e. The van der Waals surface area contributed by atoms with Gasteiger partial charge in [0.05, 0.1) is 0 Å². The Morgan fingerprint density at radius 2 is 1.85 bits per heavy atom. The molecule has 4 aliphatic rings. The van der Waals surface area contributed by atoms with Crippen LogP contribution in [0.25, 0.3) is 0 Å². The van der Waals surface area contributed by atoms with Crippen LogP contribution in [0.1, 0.15) is 37.7 Å². The summed E-state index contributed by atoms with van der Waals surface area (Å²) in [6.45, 7) is 1.86. The van der Waals surface area contributed by atoms with Crippen molar-refractivity contribution in [2.24, 2.45) is 29.4 Å². The fraction of sp³-hybridized carbons (Fsp3) is 0.706. The summed E-state index contributed by atoms with van der Waals surface area (Å²) < 4.78 is 0. The van der Waals surface area contributed by atoms with Crippen molar-refractivity contribution in [3.63, 3.8) is 0 Å². The summed E-state index contributed by atoms with van der Waals surface area (Å²) in [4.78, 5) is 4.17. The summed E-state index contributed by atoms with van der Waals surface area (Å²) in [5.41, 5.74) is 8.18. The van der Waals surface area contributed by atoms with Crippen LogP contribution in [0.2, 0.25) is 0 Å². The van der Waals surface area contributed by atoms with Crippen molar-refractivity contribution in [2.45, 2.75) is 44.2 Å². The van der Waals surface area contributed by atoms with Gasteiger partial charge in [-0.15, -0.1) is 0 Å². The predicted octanol–water partition coefficient (Wildman–Crippen LogP) is 2.32. The Morgan fingerprint density at radius 1 is 1.15 bits per heavy atom. The highest BCUT2D eigenvalue weighted by atomic mass is 15.0. The molecule has 108 valence electrons. The topological polar surface area (TPSA) is 50.9 Å². The van der Waals surface area contributed by atoms with Crippen LogP contribution in [-0.2, 0) is 6.54 Å². The molecule has 0 amide bonds. The van der Waals surface area contributed by atoms with Crippen molar-refractivity contribution in [3.05, 3.63) is 30.1 Å². The van der Waals surface area contributed by atoms with Gasteiger partial charge in [0.15, 0.2) is 0 Å². The van der Waals surface area contributed by atoms with Gasteiger partial charge in [0.1, 0.15) is 0 Å². The molecule has 4 saturated carbocycles. The highest BCUT2D eigenvalue weighted by molar-refractivity contribution is 5.12. The van der Waals surface area contributed by atoms with Gasteiger partial charge in [-0.3, -0.25) is 4.98 Å². The minimum absolute atomic E-state index is 0.0512. The maximum atomic E-state index is 6.88.